The fourth-order valence-electron chi connectivity index (χ4n) is 4.44. The zero-order valence-corrected chi connectivity index (χ0v) is 16.2. The van der Waals surface area contributed by atoms with E-state index in [2.05, 4.69) is 10.2 Å². The van der Waals surface area contributed by atoms with E-state index in [0.717, 1.165) is 32.2 Å². The van der Waals surface area contributed by atoms with Crippen molar-refractivity contribution in [1.82, 2.24) is 20.0 Å². The lowest BCUT2D eigenvalue weighted by molar-refractivity contribution is -0.138. The summed E-state index contributed by atoms with van der Waals surface area (Å²) >= 11 is 0. The zero-order chi connectivity index (χ0) is 18.8. The van der Waals surface area contributed by atoms with Crippen molar-refractivity contribution in [2.75, 3.05) is 40.8 Å². The minimum atomic E-state index is -0.260. The minimum absolute atomic E-state index is 0.0536. The second-order valence-corrected chi connectivity index (χ2v) is 8.46. The molecule has 1 N–H and O–H groups in total. The maximum atomic E-state index is 13.2. The average Bonchev–Trinajstić information content (AvgIpc) is 3.38. The Hall–Kier alpha value is -1.47. The van der Waals surface area contributed by atoms with Gasteiger partial charge in [0.15, 0.2) is 0 Å². The van der Waals surface area contributed by atoms with E-state index in [0.29, 0.717) is 37.8 Å². The third-order valence-corrected chi connectivity index (χ3v) is 5.97. The number of piperidine rings is 1. The molecule has 7 nitrogen and oxygen atoms in total. The Morgan fingerprint density at radius 1 is 1.23 bits per heavy atom. The van der Waals surface area contributed by atoms with E-state index in [-0.39, 0.29) is 29.8 Å². The Morgan fingerprint density at radius 2 is 1.96 bits per heavy atom. The maximum absolute atomic E-state index is 13.2. The Morgan fingerprint density at radius 3 is 2.62 bits per heavy atom. The van der Waals surface area contributed by atoms with Crippen LogP contribution >= 0.6 is 0 Å². The first kappa shape index (κ1) is 19.3. The molecule has 0 aromatic rings. The first-order valence-corrected chi connectivity index (χ1v) is 9.84. The molecule has 3 aliphatic rings. The number of carbonyl (C=O) groups excluding carboxylic acids is 3. The van der Waals surface area contributed by atoms with Crippen molar-refractivity contribution in [3.05, 3.63) is 0 Å². The van der Waals surface area contributed by atoms with Gasteiger partial charge in [0.25, 0.3) is 0 Å². The first-order chi connectivity index (χ1) is 12.4. The Kier molecular flexibility index (Phi) is 5.97. The molecule has 0 aromatic heterocycles. The number of fused-ring (bicyclic) bond motifs is 1. The van der Waals surface area contributed by atoms with Crippen molar-refractivity contribution < 1.29 is 14.4 Å². The van der Waals surface area contributed by atoms with Crippen molar-refractivity contribution in [3.8, 4) is 0 Å². The van der Waals surface area contributed by atoms with E-state index in [4.69, 9.17) is 0 Å². The van der Waals surface area contributed by atoms with Crippen LogP contribution in [0.2, 0.25) is 0 Å². The number of hydrogen-bond donors (Lipinski definition) is 1. The number of imide groups is 1. The van der Waals surface area contributed by atoms with Crippen molar-refractivity contribution >= 4 is 17.7 Å². The molecule has 1 saturated heterocycles. The summed E-state index contributed by atoms with van der Waals surface area (Å²) in [7, 11) is 5.96. The van der Waals surface area contributed by atoms with Gasteiger partial charge in [-0.15, -0.1) is 0 Å². The number of hydrogen-bond acceptors (Lipinski definition) is 5. The lowest BCUT2D eigenvalue weighted by atomic mass is 9.74. The van der Waals surface area contributed by atoms with Gasteiger partial charge in [-0.05, 0) is 52.7 Å². The number of rotatable bonds is 5. The van der Waals surface area contributed by atoms with Crippen molar-refractivity contribution in [3.63, 3.8) is 0 Å². The average molecular weight is 364 g/mol. The Labute approximate surface area is 156 Å². The molecule has 26 heavy (non-hydrogen) atoms. The molecule has 7 heteroatoms. The molecule has 1 aliphatic heterocycles. The normalized spacial score (nSPS) is 29.4. The molecule has 2 saturated carbocycles. The molecule has 3 fully saturated rings. The predicted octanol–water partition coefficient (Wildman–Crippen LogP) is 0.938. The summed E-state index contributed by atoms with van der Waals surface area (Å²) in [5, 5.41) is 2.89. The molecule has 3 rings (SSSR count). The highest BCUT2D eigenvalue weighted by Crippen LogP contribution is 2.37. The molecule has 3 atom stereocenters. The van der Waals surface area contributed by atoms with E-state index in [1.54, 1.807) is 0 Å². The summed E-state index contributed by atoms with van der Waals surface area (Å²) in [5.41, 5.74) is 0. The highest BCUT2D eigenvalue weighted by molar-refractivity contribution is 5.96. The van der Waals surface area contributed by atoms with Gasteiger partial charge in [0.1, 0.15) is 5.78 Å². The largest absolute Gasteiger partial charge is 0.336 e. The SMILES string of the molecule is CN(C)CCNC(=O)N(C(=O)[C@@H]1C[C@@H]2CC(=O)CC[C@H]2N(C)C1)C1CC1. The molecule has 0 spiro atoms. The van der Waals surface area contributed by atoms with Gasteiger partial charge in [-0.25, -0.2) is 4.79 Å². The van der Waals surface area contributed by atoms with Gasteiger partial charge in [-0.3, -0.25) is 14.5 Å². The lowest BCUT2D eigenvalue weighted by Gasteiger charge is -2.45. The molecule has 0 radical (unpaired) electrons. The molecular formula is C19H32N4O3. The van der Waals surface area contributed by atoms with Crippen LogP contribution in [-0.2, 0) is 9.59 Å². The van der Waals surface area contributed by atoms with Crippen molar-refractivity contribution in [1.29, 1.82) is 0 Å². The number of nitrogens with zero attached hydrogens (tertiary/aromatic N) is 3. The fraction of sp³-hybridized carbons (Fsp3) is 0.842. The second-order valence-electron chi connectivity index (χ2n) is 8.46. The topological polar surface area (TPSA) is 73.0 Å². The number of Topliss-reactive ketones (excluding diaryl/α,β-unsaturated/α-hetero) is 1. The number of urea groups is 1. The van der Waals surface area contributed by atoms with Crippen LogP contribution in [0.4, 0.5) is 4.79 Å². The van der Waals surface area contributed by atoms with Crippen LogP contribution in [0.5, 0.6) is 0 Å². The lowest BCUT2D eigenvalue weighted by Crippen LogP contribution is -2.55. The van der Waals surface area contributed by atoms with Gasteiger partial charge in [0.05, 0.1) is 5.92 Å². The number of likely N-dealkylation sites (N-methyl/N-ethyl adjacent to an activating group) is 1. The van der Waals surface area contributed by atoms with Gasteiger partial charge in [-0.1, -0.05) is 0 Å². The van der Waals surface area contributed by atoms with Crippen LogP contribution in [0.25, 0.3) is 0 Å². The van der Waals surface area contributed by atoms with Crippen LogP contribution in [0.1, 0.15) is 38.5 Å². The molecular weight excluding hydrogens is 332 g/mol. The highest BCUT2D eigenvalue weighted by atomic mass is 16.2. The van der Waals surface area contributed by atoms with Gasteiger partial charge in [0.2, 0.25) is 5.91 Å². The van der Waals surface area contributed by atoms with Gasteiger partial charge in [0, 0.05) is 44.6 Å². The summed E-state index contributed by atoms with van der Waals surface area (Å²) in [6.07, 6.45) is 4.68. The molecule has 0 unspecified atom stereocenters. The second kappa shape index (κ2) is 8.05. The Bertz CT molecular complexity index is 561. The van der Waals surface area contributed by atoms with Crippen molar-refractivity contribution in [2.24, 2.45) is 11.8 Å². The van der Waals surface area contributed by atoms with Gasteiger partial charge < -0.3 is 15.1 Å². The summed E-state index contributed by atoms with van der Waals surface area (Å²) in [6.45, 7) is 1.96. The monoisotopic (exact) mass is 364 g/mol. The number of carbonyl (C=O) groups is 3. The smallest absolute Gasteiger partial charge is 0.324 e. The quantitative estimate of drug-likeness (QED) is 0.786. The van der Waals surface area contributed by atoms with Gasteiger partial charge in [-0.2, -0.15) is 0 Å². The third-order valence-electron chi connectivity index (χ3n) is 5.97. The van der Waals surface area contributed by atoms with Crippen molar-refractivity contribution in [2.45, 2.75) is 50.6 Å². The third kappa shape index (κ3) is 4.43. The minimum Gasteiger partial charge on any atom is -0.336 e. The van der Waals surface area contributed by atoms with E-state index in [9.17, 15) is 14.4 Å². The van der Waals surface area contributed by atoms with E-state index in [1.165, 1.54) is 4.90 Å². The Balaban J connectivity index is 1.63. The predicted molar refractivity (Wildman–Crippen MR) is 98.7 cm³/mol. The standard InChI is InChI=1S/C19H32N4O3/c1-21(2)9-8-20-19(26)23(15-4-5-15)18(25)14-10-13-11-16(24)6-7-17(13)22(3)12-14/h13-15,17H,4-12H2,1-3H3,(H,20,26)/t13-,14-,17-/m1/s1. The summed E-state index contributed by atoms with van der Waals surface area (Å²) in [4.78, 5) is 43.3. The molecule has 3 amide bonds. The fourth-order valence-corrected chi connectivity index (χ4v) is 4.44. The molecule has 0 aromatic carbocycles. The molecule has 1 heterocycles. The van der Waals surface area contributed by atoms with E-state index < -0.39 is 0 Å². The summed E-state index contributed by atoms with van der Waals surface area (Å²) in [5.74, 6) is 0.320. The van der Waals surface area contributed by atoms with Crippen LogP contribution < -0.4 is 5.32 Å². The number of nitrogens with one attached hydrogen (secondary N) is 1. The highest BCUT2D eigenvalue weighted by Gasteiger charge is 2.45. The van der Waals surface area contributed by atoms with Crippen LogP contribution in [0.15, 0.2) is 0 Å². The molecule has 146 valence electrons. The zero-order valence-electron chi connectivity index (χ0n) is 16.2. The van der Waals surface area contributed by atoms with E-state index in [1.807, 2.05) is 26.0 Å². The summed E-state index contributed by atoms with van der Waals surface area (Å²) in [6, 6.07) is 0.196. The number of amides is 3. The molecule has 0 bridgehead atoms. The maximum Gasteiger partial charge on any atom is 0.324 e. The van der Waals surface area contributed by atoms with E-state index >= 15 is 0 Å². The van der Waals surface area contributed by atoms with Crippen LogP contribution in [0, 0.1) is 11.8 Å². The van der Waals surface area contributed by atoms with Crippen LogP contribution in [-0.4, -0.2) is 85.3 Å². The summed E-state index contributed by atoms with van der Waals surface area (Å²) < 4.78 is 0. The molecule has 2 aliphatic carbocycles. The number of likely N-dealkylation sites (tertiary alicyclic amines) is 1. The number of ketones is 1. The van der Waals surface area contributed by atoms with Crippen LogP contribution in [0.3, 0.4) is 0 Å². The first-order valence-electron chi connectivity index (χ1n) is 9.84. The van der Waals surface area contributed by atoms with Gasteiger partial charge >= 0.3 is 6.03 Å².